The molecule has 0 saturated heterocycles. The molecule has 0 N–H and O–H groups in total. The molecule has 0 bridgehead atoms. The van der Waals surface area contributed by atoms with E-state index in [1.807, 2.05) is 18.2 Å². The van der Waals surface area contributed by atoms with E-state index in [1.165, 1.54) is 0 Å². The molecule has 1 aromatic carbocycles. The summed E-state index contributed by atoms with van der Waals surface area (Å²) < 4.78 is 5.89. The van der Waals surface area contributed by atoms with E-state index in [0.717, 1.165) is 11.1 Å². The van der Waals surface area contributed by atoms with Gasteiger partial charge in [0.1, 0.15) is 5.58 Å². The number of pyridine rings is 2. The van der Waals surface area contributed by atoms with Gasteiger partial charge in [-0.25, -0.2) is 0 Å². The molecule has 28 heavy (non-hydrogen) atoms. The van der Waals surface area contributed by atoms with Crippen LogP contribution in [0.5, 0.6) is 0 Å². The average molecular weight is 369 g/mol. The molecule has 4 heterocycles. The van der Waals surface area contributed by atoms with Crippen molar-refractivity contribution >= 4 is 16.9 Å². The van der Waals surface area contributed by atoms with Crippen molar-refractivity contribution in [3.05, 3.63) is 106 Å². The van der Waals surface area contributed by atoms with Gasteiger partial charge in [-0.15, -0.1) is 0 Å². The van der Waals surface area contributed by atoms with Crippen molar-refractivity contribution < 1.29 is 9.21 Å². The van der Waals surface area contributed by atoms with Crippen LogP contribution in [0.3, 0.4) is 0 Å². The highest BCUT2D eigenvalue weighted by Gasteiger charge is 2.42. The first-order chi connectivity index (χ1) is 13.7. The maximum absolute atomic E-state index is 13.3. The van der Waals surface area contributed by atoms with E-state index in [-0.39, 0.29) is 17.1 Å². The standard InChI is InChI=1S/C22H15N3O3/c26-20-16-7-1-2-8-17(16)28-21-18(20)19(15-6-4-10-24-12-15)25(22(21)27)13-14-5-3-9-23-11-14/h1-12,19H,13H2. The highest BCUT2D eigenvalue weighted by atomic mass is 16.3. The van der Waals surface area contributed by atoms with Gasteiger partial charge >= 0.3 is 0 Å². The number of carbonyl (C=O) groups is 1. The molecule has 5 rings (SSSR count). The Balaban J connectivity index is 1.74. The average Bonchev–Trinajstić information content (AvgIpc) is 3.02. The normalized spacial score (nSPS) is 15.8. The topological polar surface area (TPSA) is 76.3 Å². The van der Waals surface area contributed by atoms with Gasteiger partial charge in [-0.1, -0.05) is 24.3 Å². The monoisotopic (exact) mass is 369 g/mol. The molecule has 6 heteroatoms. The molecule has 4 aromatic rings. The number of aromatic nitrogens is 2. The second-order valence-electron chi connectivity index (χ2n) is 6.65. The first-order valence-electron chi connectivity index (χ1n) is 8.89. The zero-order valence-corrected chi connectivity index (χ0v) is 14.8. The van der Waals surface area contributed by atoms with Crippen LogP contribution in [0.1, 0.15) is 33.3 Å². The summed E-state index contributed by atoms with van der Waals surface area (Å²) >= 11 is 0. The number of rotatable bonds is 3. The van der Waals surface area contributed by atoms with E-state index in [1.54, 1.807) is 60.0 Å². The van der Waals surface area contributed by atoms with Gasteiger partial charge in [0, 0.05) is 31.3 Å². The lowest BCUT2D eigenvalue weighted by atomic mass is 10.00. The Morgan fingerprint density at radius 3 is 2.46 bits per heavy atom. The molecule has 0 radical (unpaired) electrons. The lowest BCUT2D eigenvalue weighted by molar-refractivity contribution is 0.0714. The van der Waals surface area contributed by atoms with Gasteiger partial charge < -0.3 is 9.32 Å². The van der Waals surface area contributed by atoms with E-state index in [2.05, 4.69) is 9.97 Å². The predicted molar refractivity (Wildman–Crippen MR) is 103 cm³/mol. The summed E-state index contributed by atoms with van der Waals surface area (Å²) in [6.07, 6.45) is 6.73. The van der Waals surface area contributed by atoms with Gasteiger partial charge in [-0.05, 0) is 35.4 Å². The number of para-hydroxylation sites is 1. The molecular formula is C22H15N3O3. The number of nitrogens with zero attached hydrogens (tertiary/aromatic N) is 3. The third-order valence-corrected chi connectivity index (χ3v) is 4.95. The minimum Gasteiger partial charge on any atom is -0.450 e. The van der Waals surface area contributed by atoms with Crippen molar-refractivity contribution in [2.45, 2.75) is 12.6 Å². The molecule has 3 aromatic heterocycles. The molecule has 6 nitrogen and oxygen atoms in total. The third kappa shape index (κ3) is 2.50. The summed E-state index contributed by atoms with van der Waals surface area (Å²) in [6, 6.07) is 13.8. The number of fused-ring (bicyclic) bond motifs is 2. The van der Waals surface area contributed by atoms with Gasteiger partial charge in [0.05, 0.1) is 17.0 Å². The van der Waals surface area contributed by atoms with Crippen molar-refractivity contribution in [2.75, 3.05) is 0 Å². The molecule has 1 amide bonds. The van der Waals surface area contributed by atoms with E-state index in [9.17, 15) is 9.59 Å². The summed E-state index contributed by atoms with van der Waals surface area (Å²) in [5, 5.41) is 0.464. The second-order valence-corrected chi connectivity index (χ2v) is 6.65. The van der Waals surface area contributed by atoms with Crippen LogP contribution in [0.2, 0.25) is 0 Å². The number of amides is 1. The Hall–Kier alpha value is -3.80. The fraction of sp³-hybridized carbons (Fsp3) is 0.0909. The number of hydrogen-bond donors (Lipinski definition) is 0. The SMILES string of the molecule is O=C1c2oc3ccccc3c(=O)c2C(c2cccnc2)N1Cc1cccnc1. The molecule has 0 aliphatic carbocycles. The number of benzene rings is 1. The van der Waals surface area contributed by atoms with Crippen molar-refractivity contribution in [2.24, 2.45) is 0 Å². The van der Waals surface area contributed by atoms with Crippen LogP contribution in [0, 0.1) is 0 Å². The van der Waals surface area contributed by atoms with Crippen LogP contribution >= 0.6 is 0 Å². The molecule has 1 aliphatic heterocycles. The second kappa shape index (κ2) is 6.42. The van der Waals surface area contributed by atoms with Crippen molar-refractivity contribution in [3.63, 3.8) is 0 Å². The molecule has 1 aliphatic rings. The fourth-order valence-corrected chi connectivity index (χ4v) is 3.70. The fourth-order valence-electron chi connectivity index (χ4n) is 3.70. The molecular weight excluding hydrogens is 354 g/mol. The van der Waals surface area contributed by atoms with Gasteiger partial charge in [0.15, 0.2) is 5.43 Å². The van der Waals surface area contributed by atoms with E-state index in [4.69, 9.17) is 4.42 Å². The molecule has 0 fully saturated rings. The zero-order valence-electron chi connectivity index (χ0n) is 14.8. The van der Waals surface area contributed by atoms with Crippen LogP contribution in [-0.4, -0.2) is 20.8 Å². The van der Waals surface area contributed by atoms with Gasteiger partial charge in [-0.3, -0.25) is 19.6 Å². The largest absolute Gasteiger partial charge is 0.450 e. The van der Waals surface area contributed by atoms with E-state index < -0.39 is 6.04 Å². The van der Waals surface area contributed by atoms with Crippen LogP contribution < -0.4 is 5.43 Å². The van der Waals surface area contributed by atoms with Crippen molar-refractivity contribution in [3.8, 4) is 0 Å². The van der Waals surface area contributed by atoms with Gasteiger partial charge in [-0.2, -0.15) is 0 Å². The quantitative estimate of drug-likeness (QED) is 0.554. The lowest BCUT2D eigenvalue weighted by Crippen LogP contribution is -2.29. The number of carbonyl (C=O) groups excluding carboxylic acids is 1. The first kappa shape index (κ1) is 16.4. The Kier molecular flexibility index (Phi) is 3.76. The highest BCUT2D eigenvalue weighted by molar-refractivity contribution is 5.99. The molecule has 1 atom stereocenters. The Labute approximate surface area is 160 Å². The summed E-state index contributed by atoms with van der Waals surface area (Å²) in [5.41, 5.74) is 2.22. The maximum atomic E-state index is 13.3. The van der Waals surface area contributed by atoms with Crippen LogP contribution in [-0.2, 0) is 6.54 Å². The van der Waals surface area contributed by atoms with E-state index in [0.29, 0.717) is 23.1 Å². The van der Waals surface area contributed by atoms with Gasteiger partial charge in [0.25, 0.3) is 5.91 Å². The lowest BCUT2D eigenvalue weighted by Gasteiger charge is -2.24. The highest BCUT2D eigenvalue weighted by Crippen LogP contribution is 2.38. The molecule has 0 saturated carbocycles. The minimum atomic E-state index is -0.558. The molecule has 1 unspecified atom stereocenters. The summed E-state index contributed by atoms with van der Waals surface area (Å²) in [6.45, 7) is 0.312. The zero-order chi connectivity index (χ0) is 19.1. The minimum absolute atomic E-state index is 0.0986. The Morgan fingerprint density at radius 2 is 1.71 bits per heavy atom. The summed E-state index contributed by atoms with van der Waals surface area (Å²) in [4.78, 5) is 36.5. The Bertz CT molecular complexity index is 1240. The maximum Gasteiger partial charge on any atom is 0.291 e. The van der Waals surface area contributed by atoms with Crippen molar-refractivity contribution in [1.82, 2.24) is 14.9 Å². The van der Waals surface area contributed by atoms with Gasteiger partial charge in [0.2, 0.25) is 5.76 Å². The van der Waals surface area contributed by atoms with E-state index >= 15 is 0 Å². The van der Waals surface area contributed by atoms with Crippen LogP contribution in [0.25, 0.3) is 11.0 Å². The van der Waals surface area contributed by atoms with Crippen molar-refractivity contribution in [1.29, 1.82) is 0 Å². The first-order valence-corrected chi connectivity index (χ1v) is 8.89. The smallest absolute Gasteiger partial charge is 0.291 e. The summed E-state index contributed by atoms with van der Waals surface area (Å²) in [7, 11) is 0. The predicted octanol–water partition coefficient (Wildman–Crippen LogP) is 3.33. The van der Waals surface area contributed by atoms with Crippen LogP contribution in [0.15, 0.2) is 82.5 Å². The number of hydrogen-bond acceptors (Lipinski definition) is 5. The third-order valence-electron chi connectivity index (χ3n) is 4.95. The molecule has 136 valence electrons. The molecule has 0 spiro atoms. The van der Waals surface area contributed by atoms with Crippen LogP contribution in [0.4, 0.5) is 0 Å². The Morgan fingerprint density at radius 1 is 0.929 bits per heavy atom. The summed E-state index contributed by atoms with van der Waals surface area (Å²) in [5.74, 6) is -0.211.